The Hall–Kier alpha value is -1.50. The second kappa shape index (κ2) is 8.71. The highest BCUT2D eigenvalue weighted by atomic mass is 32.1. The summed E-state index contributed by atoms with van der Waals surface area (Å²) < 4.78 is 6.10. The number of fused-ring (bicyclic) bond motifs is 1. The lowest BCUT2D eigenvalue weighted by atomic mass is 10.3. The highest BCUT2D eigenvalue weighted by Crippen LogP contribution is 2.22. The maximum Gasteiger partial charge on any atom is 0.220 e. The van der Waals surface area contributed by atoms with E-state index in [1.807, 2.05) is 18.2 Å². The molecule has 2 N–H and O–H groups in total. The van der Waals surface area contributed by atoms with Crippen LogP contribution in [-0.4, -0.2) is 44.2 Å². The van der Waals surface area contributed by atoms with Gasteiger partial charge in [-0.3, -0.25) is 4.79 Å². The van der Waals surface area contributed by atoms with Crippen LogP contribution >= 0.6 is 11.3 Å². The molecule has 1 amide bonds. The van der Waals surface area contributed by atoms with Crippen LogP contribution in [0.1, 0.15) is 11.4 Å². The second-order valence-corrected chi connectivity index (χ2v) is 5.78. The lowest BCUT2D eigenvalue weighted by molar-refractivity contribution is -0.121. The molecule has 1 heterocycles. The van der Waals surface area contributed by atoms with Crippen LogP contribution in [0.15, 0.2) is 24.3 Å². The van der Waals surface area contributed by atoms with E-state index in [9.17, 15) is 4.79 Å². The number of carbonyl (C=O) groups is 1. The van der Waals surface area contributed by atoms with E-state index in [1.165, 1.54) is 4.70 Å². The minimum absolute atomic E-state index is 0.0720. The van der Waals surface area contributed by atoms with Crippen molar-refractivity contribution in [3.63, 3.8) is 0 Å². The number of benzene rings is 1. The fourth-order valence-electron chi connectivity index (χ4n) is 1.93. The average Bonchev–Trinajstić information content (AvgIpc) is 2.91. The third-order valence-corrected chi connectivity index (χ3v) is 4.11. The summed E-state index contributed by atoms with van der Waals surface area (Å²) in [6.07, 6.45) is 1.18. The van der Waals surface area contributed by atoms with E-state index in [0.717, 1.165) is 23.6 Å². The van der Waals surface area contributed by atoms with Gasteiger partial charge in [-0.1, -0.05) is 12.1 Å². The van der Waals surface area contributed by atoms with Gasteiger partial charge < -0.3 is 15.4 Å². The lowest BCUT2D eigenvalue weighted by Crippen LogP contribution is -2.33. The van der Waals surface area contributed by atoms with Crippen LogP contribution in [0.25, 0.3) is 10.2 Å². The van der Waals surface area contributed by atoms with E-state index in [4.69, 9.17) is 4.74 Å². The third kappa shape index (κ3) is 5.41. The molecule has 0 fully saturated rings. The Kier molecular flexibility index (Phi) is 6.59. The van der Waals surface area contributed by atoms with Gasteiger partial charge in [0.15, 0.2) is 0 Å². The molecule has 0 radical (unpaired) electrons. The van der Waals surface area contributed by atoms with E-state index in [2.05, 4.69) is 21.7 Å². The minimum Gasteiger partial charge on any atom is -0.383 e. The number of nitrogens with zero attached hydrogens (tertiary/aromatic N) is 1. The number of aryl methyl sites for hydroxylation is 1. The molecule has 21 heavy (non-hydrogen) atoms. The van der Waals surface area contributed by atoms with Crippen molar-refractivity contribution in [1.82, 2.24) is 15.6 Å². The van der Waals surface area contributed by atoms with E-state index >= 15 is 0 Å². The molecule has 5 nitrogen and oxygen atoms in total. The summed E-state index contributed by atoms with van der Waals surface area (Å²) in [4.78, 5) is 16.3. The van der Waals surface area contributed by atoms with Gasteiger partial charge in [0.25, 0.3) is 0 Å². The number of hydrogen-bond acceptors (Lipinski definition) is 5. The fourth-order valence-corrected chi connectivity index (χ4v) is 2.89. The minimum atomic E-state index is 0.0720. The third-order valence-electron chi connectivity index (χ3n) is 3.01. The number of rotatable bonds is 9. The SMILES string of the molecule is COCCNCCNC(=O)CCc1nc2ccccc2s1. The van der Waals surface area contributed by atoms with Gasteiger partial charge in [0.1, 0.15) is 0 Å². The zero-order chi connectivity index (χ0) is 14.9. The van der Waals surface area contributed by atoms with Crippen molar-refractivity contribution in [3.8, 4) is 0 Å². The summed E-state index contributed by atoms with van der Waals surface area (Å²) >= 11 is 1.66. The smallest absolute Gasteiger partial charge is 0.220 e. The summed E-state index contributed by atoms with van der Waals surface area (Å²) in [6.45, 7) is 2.89. The zero-order valence-corrected chi connectivity index (χ0v) is 13.0. The first-order chi connectivity index (χ1) is 10.3. The van der Waals surface area contributed by atoms with Gasteiger partial charge in [-0.15, -0.1) is 11.3 Å². The first-order valence-corrected chi connectivity index (χ1v) is 7.92. The quantitative estimate of drug-likeness (QED) is 0.691. The van der Waals surface area contributed by atoms with Gasteiger partial charge in [-0.05, 0) is 12.1 Å². The summed E-state index contributed by atoms with van der Waals surface area (Å²) in [7, 11) is 1.67. The van der Waals surface area contributed by atoms with Crippen molar-refractivity contribution in [3.05, 3.63) is 29.3 Å². The molecular weight excluding hydrogens is 286 g/mol. The molecule has 0 saturated carbocycles. The van der Waals surface area contributed by atoms with E-state index in [0.29, 0.717) is 26.0 Å². The number of para-hydroxylation sites is 1. The molecule has 0 saturated heterocycles. The number of aromatic nitrogens is 1. The van der Waals surface area contributed by atoms with Crippen LogP contribution in [0.2, 0.25) is 0 Å². The monoisotopic (exact) mass is 307 g/mol. The molecule has 1 aromatic heterocycles. The lowest BCUT2D eigenvalue weighted by Gasteiger charge is -2.05. The highest BCUT2D eigenvalue weighted by Gasteiger charge is 2.06. The Bertz CT molecular complexity index is 538. The molecule has 1 aromatic carbocycles. The van der Waals surface area contributed by atoms with Gasteiger partial charge >= 0.3 is 0 Å². The van der Waals surface area contributed by atoms with Crippen LogP contribution in [0.4, 0.5) is 0 Å². The summed E-state index contributed by atoms with van der Waals surface area (Å²) in [5, 5.41) is 7.10. The number of hydrogen-bond donors (Lipinski definition) is 2. The molecule has 0 aliphatic heterocycles. The maximum atomic E-state index is 11.7. The van der Waals surface area contributed by atoms with Crippen molar-refractivity contribution in [2.24, 2.45) is 0 Å². The zero-order valence-electron chi connectivity index (χ0n) is 12.2. The number of carbonyl (C=O) groups excluding carboxylic acids is 1. The molecule has 6 heteroatoms. The summed E-state index contributed by atoms with van der Waals surface area (Å²) in [5.74, 6) is 0.0720. The molecule has 2 rings (SSSR count). The largest absolute Gasteiger partial charge is 0.383 e. The molecule has 0 bridgehead atoms. The normalized spacial score (nSPS) is 10.9. The standard InChI is InChI=1S/C15H21N3O2S/c1-20-11-10-16-8-9-17-14(19)6-7-15-18-12-4-2-3-5-13(12)21-15/h2-5,16H,6-11H2,1H3,(H,17,19). The van der Waals surface area contributed by atoms with Crippen molar-refractivity contribution < 1.29 is 9.53 Å². The van der Waals surface area contributed by atoms with Crippen LogP contribution in [-0.2, 0) is 16.0 Å². The molecule has 2 aromatic rings. The highest BCUT2D eigenvalue weighted by molar-refractivity contribution is 7.18. The summed E-state index contributed by atoms with van der Waals surface area (Å²) in [5.41, 5.74) is 1.01. The van der Waals surface area contributed by atoms with Gasteiger partial charge in [0.2, 0.25) is 5.91 Å². The molecule has 0 atom stereocenters. The van der Waals surface area contributed by atoms with E-state index in [-0.39, 0.29) is 5.91 Å². The van der Waals surface area contributed by atoms with Crippen molar-refractivity contribution >= 4 is 27.5 Å². The Labute approximate surface area is 128 Å². The number of ether oxygens (including phenoxy) is 1. The van der Waals surface area contributed by atoms with Gasteiger partial charge in [0, 0.05) is 39.6 Å². The Balaban J connectivity index is 1.64. The predicted molar refractivity (Wildman–Crippen MR) is 85.7 cm³/mol. The average molecular weight is 307 g/mol. The van der Waals surface area contributed by atoms with E-state index < -0.39 is 0 Å². The molecular formula is C15H21N3O2S. The second-order valence-electron chi connectivity index (χ2n) is 4.67. The van der Waals surface area contributed by atoms with Crippen LogP contribution in [0.3, 0.4) is 0 Å². The molecule has 0 spiro atoms. The Morgan fingerprint density at radius 1 is 1.29 bits per heavy atom. The van der Waals surface area contributed by atoms with Crippen LogP contribution in [0.5, 0.6) is 0 Å². The van der Waals surface area contributed by atoms with Crippen molar-refractivity contribution in [2.75, 3.05) is 33.4 Å². The summed E-state index contributed by atoms with van der Waals surface area (Å²) in [6, 6.07) is 8.05. The van der Waals surface area contributed by atoms with Gasteiger partial charge in [-0.2, -0.15) is 0 Å². The van der Waals surface area contributed by atoms with Crippen LogP contribution < -0.4 is 10.6 Å². The number of nitrogens with one attached hydrogen (secondary N) is 2. The van der Waals surface area contributed by atoms with Crippen LogP contribution in [0, 0.1) is 0 Å². The molecule has 114 valence electrons. The molecule has 0 aliphatic rings. The molecule has 0 unspecified atom stereocenters. The number of amides is 1. The van der Waals surface area contributed by atoms with Gasteiger partial charge in [0.05, 0.1) is 21.8 Å². The van der Waals surface area contributed by atoms with Crippen molar-refractivity contribution in [1.29, 1.82) is 0 Å². The first kappa shape index (κ1) is 15.9. The first-order valence-electron chi connectivity index (χ1n) is 7.10. The Morgan fingerprint density at radius 3 is 2.95 bits per heavy atom. The van der Waals surface area contributed by atoms with E-state index in [1.54, 1.807) is 18.4 Å². The number of methoxy groups -OCH3 is 1. The molecule has 0 aliphatic carbocycles. The predicted octanol–water partition coefficient (Wildman–Crippen LogP) is 1.58. The Morgan fingerprint density at radius 2 is 2.14 bits per heavy atom. The van der Waals surface area contributed by atoms with Crippen molar-refractivity contribution in [2.45, 2.75) is 12.8 Å². The maximum absolute atomic E-state index is 11.7. The number of thiazole rings is 1. The topological polar surface area (TPSA) is 63.2 Å². The fraction of sp³-hybridized carbons (Fsp3) is 0.467. The van der Waals surface area contributed by atoms with Gasteiger partial charge in [-0.25, -0.2) is 4.98 Å².